The highest BCUT2D eigenvalue weighted by atomic mass is 16.4. The van der Waals surface area contributed by atoms with Gasteiger partial charge in [-0.05, 0) is 0 Å². The van der Waals surface area contributed by atoms with Crippen molar-refractivity contribution >= 4 is 6.29 Å². The predicted octanol–water partition coefficient (Wildman–Crippen LogP) is -3.38. The summed E-state index contributed by atoms with van der Waals surface area (Å²) in [4.78, 5) is 9.96. The molecule has 0 aromatic heterocycles. The van der Waals surface area contributed by atoms with Gasteiger partial charge in [0, 0.05) is 0 Å². The molecule has 0 unspecified atom stereocenters. The van der Waals surface area contributed by atoms with Crippen LogP contribution in [0.1, 0.15) is 1.37 Å². The van der Waals surface area contributed by atoms with Crippen molar-refractivity contribution < 1.29 is 31.7 Å². The second-order valence-corrected chi connectivity index (χ2v) is 2.19. The molecule has 0 saturated heterocycles. The van der Waals surface area contributed by atoms with Gasteiger partial charge in [0.25, 0.3) is 0 Å². The van der Waals surface area contributed by atoms with Gasteiger partial charge in [0.1, 0.15) is 24.4 Å². The van der Waals surface area contributed by atoms with Crippen LogP contribution in [0.5, 0.6) is 0 Å². The lowest BCUT2D eigenvalue weighted by Gasteiger charge is -2.22. The Hall–Kier alpha value is -0.530. The second-order valence-electron chi connectivity index (χ2n) is 2.19. The van der Waals surface area contributed by atoms with Gasteiger partial charge in [-0.25, -0.2) is 0 Å². The molecule has 0 rings (SSSR count). The van der Waals surface area contributed by atoms with Crippen LogP contribution in [-0.2, 0) is 4.79 Å². The Balaban J connectivity index is 4.51. The fourth-order valence-corrected chi connectivity index (χ4v) is 0.540. The molecule has 0 bridgehead atoms. The minimum absolute atomic E-state index is 0.0890. The van der Waals surface area contributed by atoms with E-state index in [9.17, 15) is 4.79 Å². The number of aldehydes is 1. The Morgan fingerprint density at radius 3 is 2.17 bits per heavy atom. The highest BCUT2D eigenvalue weighted by Crippen LogP contribution is 2.02. The molecule has 4 atom stereocenters. The fraction of sp³-hybridized carbons (Fsp3) is 0.833. The van der Waals surface area contributed by atoms with Crippen molar-refractivity contribution in [3.8, 4) is 0 Å². The van der Waals surface area contributed by atoms with Crippen LogP contribution >= 0.6 is 0 Å². The summed E-state index contributed by atoms with van der Waals surface area (Å²) in [5.74, 6) is 0. The number of hydrogen-bond donors (Lipinski definition) is 5. The molecule has 0 amide bonds. The molecule has 0 radical (unpaired) electrons. The highest BCUT2D eigenvalue weighted by molar-refractivity contribution is 5.56. The number of hydrogen-bond acceptors (Lipinski definition) is 6. The summed E-state index contributed by atoms with van der Waals surface area (Å²) in [5.41, 5.74) is 0. The Morgan fingerprint density at radius 2 is 1.83 bits per heavy atom. The minimum Gasteiger partial charge on any atom is -0.394 e. The molecule has 5 N–H and O–H groups in total. The molecule has 12 heavy (non-hydrogen) atoms. The normalized spacial score (nSPS) is 24.9. The molecule has 0 aliphatic rings. The Bertz CT molecular complexity index is 173. The zero-order valence-electron chi connectivity index (χ0n) is 7.16. The first-order valence-corrected chi connectivity index (χ1v) is 3.20. The van der Waals surface area contributed by atoms with Gasteiger partial charge in [0.05, 0.1) is 7.98 Å². The second kappa shape index (κ2) is 5.18. The quantitative estimate of drug-likeness (QED) is 0.282. The monoisotopic (exact) mass is 181 g/mol. The zero-order chi connectivity index (χ0) is 10.6. The number of aliphatic hydroxyl groups excluding tert-OH is 4. The summed E-state index contributed by atoms with van der Waals surface area (Å²) in [5, 5.41) is 43.9. The summed E-state index contributed by atoms with van der Waals surface area (Å²) >= 11 is 0. The molecule has 0 aliphatic carbocycles. The molecule has 72 valence electrons. The third-order valence-corrected chi connectivity index (χ3v) is 1.28. The summed E-state index contributed by atoms with van der Waals surface area (Å²) in [6.07, 6.45) is -9.09. The maximum atomic E-state index is 9.96. The molecule has 0 aromatic rings. The van der Waals surface area contributed by atoms with E-state index >= 15 is 0 Å². The van der Waals surface area contributed by atoms with Gasteiger partial charge in [0.15, 0.2) is 6.29 Å². The van der Waals surface area contributed by atoms with E-state index in [1.165, 1.54) is 0 Å². The molecular weight excluding hydrogens is 168 g/mol. The number of carbonyl (C=O) groups excluding carboxylic acids is 1. The number of rotatable bonds is 5. The van der Waals surface area contributed by atoms with E-state index in [2.05, 4.69) is 0 Å². The zero-order valence-corrected chi connectivity index (χ0v) is 6.16. The average molecular weight is 181 g/mol. The third-order valence-electron chi connectivity index (χ3n) is 1.28. The Kier molecular flexibility index (Phi) is 4.12. The van der Waals surface area contributed by atoms with Crippen LogP contribution in [0.4, 0.5) is 0 Å². The SMILES string of the molecule is [2H][C@@](O)([C@H](O)CO)[C@H](O)[C@H](O)C=O. The van der Waals surface area contributed by atoms with Crippen LogP contribution in [-0.4, -0.2) is 62.8 Å². The van der Waals surface area contributed by atoms with Crippen LogP contribution in [0.25, 0.3) is 0 Å². The van der Waals surface area contributed by atoms with Gasteiger partial charge >= 0.3 is 0 Å². The summed E-state index contributed by atoms with van der Waals surface area (Å²) in [6, 6.07) is 0. The van der Waals surface area contributed by atoms with Gasteiger partial charge in [-0.3, -0.25) is 0 Å². The molecular formula is C6H12O6. The largest absolute Gasteiger partial charge is 0.394 e. The molecule has 0 fully saturated rings. The minimum atomic E-state index is -2.88. The van der Waals surface area contributed by atoms with E-state index in [1.54, 1.807) is 0 Å². The van der Waals surface area contributed by atoms with Crippen molar-refractivity contribution in [1.29, 1.82) is 0 Å². The van der Waals surface area contributed by atoms with Crippen LogP contribution in [0.15, 0.2) is 0 Å². The summed E-state index contributed by atoms with van der Waals surface area (Å²) < 4.78 is 6.95. The van der Waals surface area contributed by atoms with Gasteiger partial charge in [-0.2, -0.15) is 0 Å². The maximum absolute atomic E-state index is 9.96. The van der Waals surface area contributed by atoms with E-state index in [4.69, 9.17) is 26.9 Å². The van der Waals surface area contributed by atoms with Crippen molar-refractivity contribution in [2.24, 2.45) is 0 Å². The molecule has 6 nitrogen and oxygen atoms in total. The topological polar surface area (TPSA) is 118 Å². The van der Waals surface area contributed by atoms with Crippen molar-refractivity contribution in [3.63, 3.8) is 0 Å². The Labute approximate surface area is 70.1 Å². The van der Waals surface area contributed by atoms with Crippen LogP contribution in [0.3, 0.4) is 0 Å². The van der Waals surface area contributed by atoms with E-state index < -0.39 is 31.0 Å². The fourth-order valence-electron chi connectivity index (χ4n) is 0.540. The van der Waals surface area contributed by atoms with Gasteiger partial charge in [0.2, 0.25) is 0 Å². The molecule has 0 spiro atoms. The third kappa shape index (κ3) is 2.84. The maximum Gasteiger partial charge on any atom is 0.151 e. The summed E-state index contributed by atoms with van der Waals surface area (Å²) in [6.45, 7) is -0.970. The Morgan fingerprint density at radius 1 is 1.33 bits per heavy atom. The number of aliphatic hydroxyl groups is 5. The van der Waals surface area contributed by atoms with Gasteiger partial charge in [-0.1, -0.05) is 0 Å². The van der Waals surface area contributed by atoms with E-state index in [1.807, 2.05) is 0 Å². The van der Waals surface area contributed by atoms with E-state index in [0.717, 1.165) is 0 Å². The smallest absolute Gasteiger partial charge is 0.151 e. The van der Waals surface area contributed by atoms with Crippen LogP contribution in [0.2, 0.25) is 0 Å². The van der Waals surface area contributed by atoms with E-state index in [0.29, 0.717) is 0 Å². The molecule has 6 heteroatoms. The number of carbonyl (C=O) groups is 1. The molecule has 0 heterocycles. The lowest BCUT2D eigenvalue weighted by atomic mass is 10.0. The average Bonchev–Trinajstić information content (AvgIpc) is 2.13. The lowest BCUT2D eigenvalue weighted by Crippen LogP contribution is -2.46. The molecule has 0 aliphatic heterocycles. The van der Waals surface area contributed by atoms with Crippen molar-refractivity contribution in [2.45, 2.75) is 24.4 Å². The van der Waals surface area contributed by atoms with Gasteiger partial charge < -0.3 is 30.3 Å². The van der Waals surface area contributed by atoms with Crippen molar-refractivity contribution in [2.75, 3.05) is 6.61 Å². The van der Waals surface area contributed by atoms with Crippen LogP contribution in [0, 0.1) is 0 Å². The highest BCUT2D eigenvalue weighted by Gasteiger charge is 2.29. The standard InChI is InChI=1S/C6H12O6/c7-1-3(9)5(11)6(12)4(10)2-8/h1,3-6,8-12H,2H2/t3-,4-,5-,6-/m1/s1/i6D. The predicted molar refractivity (Wildman–Crippen MR) is 37.2 cm³/mol. The molecule has 0 saturated carbocycles. The van der Waals surface area contributed by atoms with Crippen molar-refractivity contribution in [1.82, 2.24) is 0 Å². The van der Waals surface area contributed by atoms with E-state index in [-0.39, 0.29) is 6.29 Å². The first-order valence-electron chi connectivity index (χ1n) is 3.70. The van der Waals surface area contributed by atoms with Crippen LogP contribution < -0.4 is 0 Å². The lowest BCUT2D eigenvalue weighted by molar-refractivity contribution is -0.136. The molecule has 0 aromatic carbocycles. The van der Waals surface area contributed by atoms with Gasteiger partial charge in [-0.15, -0.1) is 0 Å². The first kappa shape index (κ1) is 9.56. The van der Waals surface area contributed by atoms with Crippen molar-refractivity contribution in [3.05, 3.63) is 0 Å². The first-order chi connectivity index (χ1) is 5.87. The summed E-state index contributed by atoms with van der Waals surface area (Å²) in [7, 11) is 0.